The summed E-state index contributed by atoms with van der Waals surface area (Å²) in [6.45, 7) is 5.48. The average Bonchev–Trinajstić information content (AvgIpc) is 2.76. The Bertz CT molecular complexity index is 944. The number of rotatable bonds is 6. The van der Waals surface area contributed by atoms with Gasteiger partial charge >= 0.3 is 0 Å². The van der Waals surface area contributed by atoms with E-state index in [-0.39, 0.29) is 5.82 Å². The molecule has 0 aliphatic carbocycles. The first kappa shape index (κ1) is 18.9. The van der Waals surface area contributed by atoms with Gasteiger partial charge in [-0.25, -0.2) is 4.39 Å². The number of nitrogens with one attached hydrogen (secondary N) is 1. The van der Waals surface area contributed by atoms with Crippen LogP contribution in [0.1, 0.15) is 6.92 Å². The average molecular weight is 394 g/mol. The molecule has 8 heteroatoms. The van der Waals surface area contributed by atoms with Crippen molar-refractivity contribution in [3.05, 3.63) is 60.5 Å². The summed E-state index contributed by atoms with van der Waals surface area (Å²) in [6.07, 6.45) is 1.65. The molecule has 0 bridgehead atoms. The van der Waals surface area contributed by atoms with Gasteiger partial charge in [0, 0.05) is 31.9 Å². The van der Waals surface area contributed by atoms with Gasteiger partial charge in [0.2, 0.25) is 5.95 Å². The number of aromatic nitrogens is 3. The molecule has 2 heterocycles. The number of anilines is 4. The van der Waals surface area contributed by atoms with Gasteiger partial charge in [-0.3, -0.25) is 0 Å². The summed E-state index contributed by atoms with van der Waals surface area (Å²) in [5.41, 5.74) is 1.50. The van der Waals surface area contributed by atoms with E-state index in [4.69, 9.17) is 4.74 Å². The van der Waals surface area contributed by atoms with E-state index < -0.39 is 0 Å². The van der Waals surface area contributed by atoms with Crippen molar-refractivity contribution in [1.82, 2.24) is 15.2 Å². The maximum absolute atomic E-state index is 14.0. The lowest BCUT2D eigenvalue weighted by Gasteiger charge is -2.36. The van der Waals surface area contributed by atoms with Crippen LogP contribution in [0.25, 0.3) is 0 Å². The minimum atomic E-state index is -0.188. The van der Waals surface area contributed by atoms with Crippen LogP contribution in [-0.4, -0.2) is 48.0 Å². The molecule has 150 valence electrons. The molecule has 29 heavy (non-hydrogen) atoms. The number of hydrogen-bond donors (Lipinski definition) is 1. The van der Waals surface area contributed by atoms with Gasteiger partial charge in [0.15, 0.2) is 5.82 Å². The minimum absolute atomic E-state index is 0.188. The van der Waals surface area contributed by atoms with Crippen LogP contribution in [0, 0.1) is 5.82 Å². The molecule has 1 fully saturated rings. The first-order chi connectivity index (χ1) is 14.2. The summed E-state index contributed by atoms with van der Waals surface area (Å²) >= 11 is 0. The van der Waals surface area contributed by atoms with E-state index in [0.717, 1.165) is 30.3 Å². The van der Waals surface area contributed by atoms with Crippen LogP contribution in [0.15, 0.2) is 54.7 Å². The second-order valence-corrected chi connectivity index (χ2v) is 6.65. The fourth-order valence-electron chi connectivity index (χ4n) is 3.32. The van der Waals surface area contributed by atoms with Crippen LogP contribution < -0.4 is 19.9 Å². The Hall–Kier alpha value is -3.42. The van der Waals surface area contributed by atoms with Crippen molar-refractivity contribution in [2.45, 2.75) is 6.92 Å². The first-order valence-corrected chi connectivity index (χ1v) is 9.67. The monoisotopic (exact) mass is 394 g/mol. The van der Waals surface area contributed by atoms with E-state index in [1.54, 1.807) is 12.3 Å². The van der Waals surface area contributed by atoms with Gasteiger partial charge in [-0.2, -0.15) is 10.1 Å². The van der Waals surface area contributed by atoms with E-state index in [0.29, 0.717) is 31.3 Å². The summed E-state index contributed by atoms with van der Waals surface area (Å²) in [4.78, 5) is 8.77. The zero-order valence-corrected chi connectivity index (χ0v) is 16.3. The van der Waals surface area contributed by atoms with Crippen molar-refractivity contribution >= 4 is 23.1 Å². The van der Waals surface area contributed by atoms with Crippen molar-refractivity contribution in [2.75, 3.05) is 47.9 Å². The van der Waals surface area contributed by atoms with Crippen molar-refractivity contribution < 1.29 is 9.13 Å². The Labute approximate surface area is 169 Å². The Morgan fingerprint density at radius 3 is 2.45 bits per heavy atom. The van der Waals surface area contributed by atoms with Crippen molar-refractivity contribution in [3.8, 4) is 5.75 Å². The van der Waals surface area contributed by atoms with Gasteiger partial charge in [0.25, 0.3) is 0 Å². The third-order valence-corrected chi connectivity index (χ3v) is 4.76. The Kier molecular flexibility index (Phi) is 5.69. The van der Waals surface area contributed by atoms with E-state index >= 15 is 0 Å². The van der Waals surface area contributed by atoms with Crippen LogP contribution in [0.4, 0.5) is 27.5 Å². The molecule has 1 saturated heterocycles. The van der Waals surface area contributed by atoms with Crippen LogP contribution >= 0.6 is 0 Å². The Morgan fingerprint density at radius 1 is 1.00 bits per heavy atom. The Balaban J connectivity index is 1.39. The summed E-state index contributed by atoms with van der Waals surface area (Å²) in [7, 11) is 0. The maximum Gasteiger partial charge on any atom is 0.249 e. The van der Waals surface area contributed by atoms with Gasteiger partial charge in [-0.1, -0.05) is 12.1 Å². The molecule has 1 N–H and O–H groups in total. The quantitative estimate of drug-likeness (QED) is 0.687. The molecule has 0 radical (unpaired) electrons. The topological polar surface area (TPSA) is 66.4 Å². The molecule has 4 rings (SSSR count). The van der Waals surface area contributed by atoms with Crippen molar-refractivity contribution in [2.24, 2.45) is 0 Å². The fraction of sp³-hybridized carbons (Fsp3) is 0.286. The lowest BCUT2D eigenvalue weighted by Crippen LogP contribution is -2.47. The molecule has 2 aromatic carbocycles. The summed E-state index contributed by atoms with van der Waals surface area (Å²) in [5, 5.41) is 11.3. The SMILES string of the molecule is CCOc1ccc(Nc2nncc(N3CCN(c4ccccc4F)CC3)n2)cc1. The van der Waals surface area contributed by atoms with Crippen LogP contribution in [0.5, 0.6) is 5.75 Å². The van der Waals surface area contributed by atoms with Gasteiger partial charge in [-0.15, -0.1) is 5.10 Å². The molecule has 7 nitrogen and oxygen atoms in total. The van der Waals surface area contributed by atoms with E-state index in [2.05, 4.69) is 30.3 Å². The number of ether oxygens (including phenoxy) is 1. The molecule has 1 aliphatic rings. The van der Waals surface area contributed by atoms with Gasteiger partial charge < -0.3 is 19.9 Å². The molecule has 0 saturated carbocycles. The predicted octanol–water partition coefficient (Wildman–Crippen LogP) is 3.48. The van der Waals surface area contributed by atoms with Gasteiger partial charge in [-0.05, 0) is 43.3 Å². The van der Waals surface area contributed by atoms with Crippen molar-refractivity contribution in [3.63, 3.8) is 0 Å². The molecular formula is C21H23FN6O. The second kappa shape index (κ2) is 8.72. The zero-order valence-electron chi connectivity index (χ0n) is 16.3. The number of nitrogens with zero attached hydrogens (tertiary/aromatic N) is 5. The minimum Gasteiger partial charge on any atom is -0.494 e. The normalized spacial score (nSPS) is 14.0. The number of benzene rings is 2. The predicted molar refractivity (Wildman–Crippen MR) is 112 cm³/mol. The maximum atomic E-state index is 14.0. The number of halogens is 1. The van der Waals surface area contributed by atoms with E-state index in [9.17, 15) is 4.39 Å². The first-order valence-electron chi connectivity index (χ1n) is 9.67. The van der Waals surface area contributed by atoms with Crippen LogP contribution in [0.2, 0.25) is 0 Å². The second-order valence-electron chi connectivity index (χ2n) is 6.65. The number of piperazine rings is 1. The third-order valence-electron chi connectivity index (χ3n) is 4.76. The zero-order chi connectivity index (χ0) is 20.1. The standard InChI is InChI=1S/C21H23FN6O/c1-2-29-17-9-7-16(8-10-17)24-21-25-20(15-23-26-21)28-13-11-27(12-14-28)19-6-4-3-5-18(19)22/h3-10,15H,2,11-14H2,1H3,(H,24,25,26). The number of para-hydroxylation sites is 1. The van der Waals surface area contributed by atoms with Crippen molar-refractivity contribution in [1.29, 1.82) is 0 Å². The summed E-state index contributed by atoms with van der Waals surface area (Å²) in [5.74, 6) is 1.81. The highest BCUT2D eigenvalue weighted by Crippen LogP contribution is 2.23. The van der Waals surface area contributed by atoms with Crippen LogP contribution in [-0.2, 0) is 0 Å². The smallest absolute Gasteiger partial charge is 0.249 e. The molecule has 0 amide bonds. The third kappa shape index (κ3) is 4.53. The molecule has 1 aliphatic heterocycles. The van der Waals surface area contributed by atoms with Gasteiger partial charge in [0.1, 0.15) is 11.6 Å². The van der Waals surface area contributed by atoms with Gasteiger partial charge in [0.05, 0.1) is 18.5 Å². The highest BCUT2D eigenvalue weighted by Gasteiger charge is 2.20. The molecule has 1 aromatic heterocycles. The largest absolute Gasteiger partial charge is 0.494 e. The summed E-state index contributed by atoms with van der Waals surface area (Å²) < 4.78 is 19.5. The fourth-order valence-corrected chi connectivity index (χ4v) is 3.32. The molecule has 0 atom stereocenters. The Morgan fingerprint density at radius 2 is 1.72 bits per heavy atom. The lowest BCUT2D eigenvalue weighted by atomic mass is 10.2. The molecular weight excluding hydrogens is 371 g/mol. The summed E-state index contributed by atoms with van der Waals surface area (Å²) in [6, 6.07) is 14.5. The molecule has 0 unspecified atom stereocenters. The number of hydrogen-bond acceptors (Lipinski definition) is 7. The van der Waals surface area contributed by atoms with E-state index in [1.165, 1.54) is 6.07 Å². The molecule has 0 spiro atoms. The highest BCUT2D eigenvalue weighted by molar-refractivity contribution is 5.56. The van der Waals surface area contributed by atoms with E-state index in [1.807, 2.05) is 43.3 Å². The molecule has 3 aromatic rings. The highest BCUT2D eigenvalue weighted by atomic mass is 19.1. The lowest BCUT2D eigenvalue weighted by molar-refractivity contribution is 0.340. The van der Waals surface area contributed by atoms with Crippen LogP contribution in [0.3, 0.4) is 0 Å².